The third kappa shape index (κ3) is 6.77. The fourth-order valence-electron chi connectivity index (χ4n) is 3.91. The Balaban J connectivity index is 1.51. The van der Waals surface area contributed by atoms with Crippen molar-refractivity contribution in [3.8, 4) is 0 Å². The molecule has 9 heteroatoms. The van der Waals surface area contributed by atoms with Gasteiger partial charge in [0.05, 0.1) is 11.3 Å². The van der Waals surface area contributed by atoms with Gasteiger partial charge in [-0.2, -0.15) is 0 Å². The van der Waals surface area contributed by atoms with Gasteiger partial charge in [0.1, 0.15) is 11.6 Å². The summed E-state index contributed by atoms with van der Waals surface area (Å²) in [6.45, 7) is 5.43. The molecule has 1 aromatic heterocycles. The van der Waals surface area contributed by atoms with Crippen LogP contribution in [0.2, 0.25) is 0 Å². The highest BCUT2D eigenvalue weighted by molar-refractivity contribution is 6.08. The number of likely N-dealkylation sites (tertiary alicyclic amines) is 1. The summed E-state index contributed by atoms with van der Waals surface area (Å²) in [5.74, 6) is -0.461. The molecule has 0 unspecified atom stereocenters. The van der Waals surface area contributed by atoms with Gasteiger partial charge in [0.15, 0.2) is 0 Å². The number of nitrogens with one attached hydrogen (secondary N) is 4. The third-order valence-electron chi connectivity index (χ3n) is 5.67. The number of anilines is 4. The Morgan fingerprint density at radius 3 is 2.34 bits per heavy atom. The van der Waals surface area contributed by atoms with E-state index < -0.39 is 6.03 Å². The molecule has 2 heterocycles. The van der Waals surface area contributed by atoms with E-state index in [0.29, 0.717) is 23.6 Å². The molecule has 1 fully saturated rings. The van der Waals surface area contributed by atoms with Gasteiger partial charge >= 0.3 is 6.03 Å². The van der Waals surface area contributed by atoms with Crippen molar-refractivity contribution in [1.29, 1.82) is 0 Å². The van der Waals surface area contributed by atoms with E-state index in [9.17, 15) is 14.0 Å². The van der Waals surface area contributed by atoms with Crippen LogP contribution in [0.5, 0.6) is 0 Å². The molecule has 3 amide bonds. The molecule has 182 valence electrons. The average Bonchev–Trinajstić information content (AvgIpc) is 3.35. The van der Waals surface area contributed by atoms with Crippen molar-refractivity contribution in [2.45, 2.75) is 26.3 Å². The molecule has 0 spiro atoms. The van der Waals surface area contributed by atoms with Gasteiger partial charge in [0.25, 0.3) is 5.91 Å². The molecular weight excluding hydrogens is 447 g/mol. The van der Waals surface area contributed by atoms with Gasteiger partial charge < -0.3 is 16.0 Å². The van der Waals surface area contributed by atoms with Crippen molar-refractivity contribution in [2.24, 2.45) is 0 Å². The van der Waals surface area contributed by atoms with E-state index in [-0.39, 0.29) is 23.1 Å². The zero-order valence-corrected chi connectivity index (χ0v) is 19.6. The average molecular weight is 477 g/mol. The molecule has 0 radical (unpaired) electrons. The van der Waals surface area contributed by atoms with Crippen LogP contribution in [-0.4, -0.2) is 41.5 Å². The van der Waals surface area contributed by atoms with Gasteiger partial charge in [0, 0.05) is 36.7 Å². The zero-order chi connectivity index (χ0) is 24.6. The number of rotatable bonds is 8. The monoisotopic (exact) mass is 476 g/mol. The second-order valence-electron chi connectivity index (χ2n) is 8.37. The topological polar surface area (TPSA) is 98.4 Å². The highest BCUT2D eigenvalue weighted by atomic mass is 19.1. The maximum absolute atomic E-state index is 13.3. The highest BCUT2D eigenvalue weighted by Gasteiger charge is 2.16. The number of hydrogen-bond donors (Lipinski definition) is 4. The standard InChI is InChI=1S/C26H29FN6O2/c1-2-28-26(35)32-24-15-23(30-20-11-7-19(27)8-12-20)22(16-29-24)25(34)31-21-9-5-18(6-10-21)17-33-13-3-4-14-33/h5-12,15-16H,2-4,13-14,17H2,1H3,(H,31,34)(H3,28,29,30,32,35). The quantitative estimate of drug-likeness (QED) is 0.369. The molecule has 3 aromatic rings. The summed E-state index contributed by atoms with van der Waals surface area (Å²) in [5, 5.41) is 11.3. The van der Waals surface area contributed by atoms with Crippen LogP contribution in [0, 0.1) is 5.82 Å². The molecular formula is C26H29FN6O2. The number of carbonyl (C=O) groups excluding carboxylic acids is 2. The first-order valence-electron chi connectivity index (χ1n) is 11.7. The molecule has 1 aliphatic rings. The summed E-state index contributed by atoms with van der Waals surface area (Å²) in [7, 11) is 0. The number of carbonyl (C=O) groups is 2. The second kappa shape index (κ2) is 11.4. The molecule has 2 aromatic carbocycles. The summed E-state index contributed by atoms with van der Waals surface area (Å²) in [4.78, 5) is 31.7. The van der Waals surface area contributed by atoms with Crippen molar-refractivity contribution in [1.82, 2.24) is 15.2 Å². The summed E-state index contributed by atoms with van der Waals surface area (Å²) in [6, 6.07) is 14.7. The first-order chi connectivity index (χ1) is 17.0. The van der Waals surface area contributed by atoms with Crippen LogP contribution in [0.15, 0.2) is 60.8 Å². The van der Waals surface area contributed by atoms with Crippen LogP contribution < -0.4 is 21.3 Å². The minimum absolute atomic E-state index is 0.267. The van der Waals surface area contributed by atoms with Gasteiger partial charge in [0.2, 0.25) is 0 Å². The number of amides is 3. The van der Waals surface area contributed by atoms with E-state index >= 15 is 0 Å². The lowest BCUT2D eigenvalue weighted by Gasteiger charge is -2.16. The van der Waals surface area contributed by atoms with E-state index in [1.807, 2.05) is 24.3 Å². The summed E-state index contributed by atoms with van der Waals surface area (Å²) in [5.41, 5.74) is 3.14. The number of hydrogen-bond acceptors (Lipinski definition) is 5. The predicted octanol–water partition coefficient (Wildman–Crippen LogP) is 4.95. The van der Waals surface area contributed by atoms with E-state index in [0.717, 1.165) is 19.6 Å². The summed E-state index contributed by atoms with van der Waals surface area (Å²) >= 11 is 0. The van der Waals surface area contributed by atoms with Crippen molar-refractivity contribution in [3.05, 3.63) is 77.7 Å². The Kier molecular flexibility index (Phi) is 7.89. The van der Waals surface area contributed by atoms with E-state index in [1.54, 1.807) is 25.1 Å². The Hall–Kier alpha value is -3.98. The fourth-order valence-corrected chi connectivity index (χ4v) is 3.91. The summed E-state index contributed by atoms with van der Waals surface area (Å²) in [6.07, 6.45) is 3.88. The Morgan fingerprint density at radius 1 is 0.971 bits per heavy atom. The van der Waals surface area contributed by atoms with Crippen molar-refractivity contribution < 1.29 is 14.0 Å². The van der Waals surface area contributed by atoms with Crippen LogP contribution in [0.3, 0.4) is 0 Å². The Labute approximate surface area is 203 Å². The first-order valence-corrected chi connectivity index (χ1v) is 11.7. The molecule has 0 atom stereocenters. The number of halogens is 1. The molecule has 1 saturated heterocycles. The van der Waals surface area contributed by atoms with Gasteiger partial charge in [-0.3, -0.25) is 15.0 Å². The van der Waals surface area contributed by atoms with E-state index in [1.165, 1.54) is 36.7 Å². The highest BCUT2D eigenvalue weighted by Crippen LogP contribution is 2.25. The number of pyridine rings is 1. The lowest BCUT2D eigenvalue weighted by atomic mass is 10.1. The van der Waals surface area contributed by atoms with Gasteiger partial charge in [-0.25, -0.2) is 14.2 Å². The van der Waals surface area contributed by atoms with Gasteiger partial charge in [-0.05, 0) is 74.8 Å². The van der Waals surface area contributed by atoms with Crippen LogP contribution in [-0.2, 0) is 6.54 Å². The molecule has 4 rings (SSSR count). The minimum atomic E-state index is -0.404. The predicted molar refractivity (Wildman–Crippen MR) is 136 cm³/mol. The lowest BCUT2D eigenvalue weighted by molar-refractivity contribution is 0.102. The SMILES string of the molecule is CCNC(=O)Nc1cc(Nc2ccc(F)cc2)c(C(=O)Nc2ccc(CN3CCCC3)cc2)cn1. The Bertz CT molecular complexity index is 1160. The largest absolute Gasteiger partial charge is 0.355 e. The van der Waals surface area contributed by atoms with Crippen molar-refractivity contribution in [2.75, 3.05) is 35.6 Å². The molecule has 1 aliphatic heterocycles. The first kappa shape index (κ1) is 24.2. The van der Waals surface area contributed by atoms with Crippen LogP contribution in [0.4, 0.5) is 32.1 Å². The number of benzene rings is 2. The van der Waals surface area contributed by atoms with Gasteiger partial charge in [-0.15, -0.1) is 0 Å². The maximum atomic E-state index is 13.3. The van der Waals surface area contributed by atoms with Crippen LogP contribution in [0.1, 0.15) is 35.7 Å². The Morgan fingerprint density at radius 2 is 1.66 bits per heavy atom. The third-order valence-corrected chi connectivity index (χ3v) is 5.67. The molecule has 8 nitrogen and oxygen atoms in total. The molecule has 0 bridgehead atoms. The molecule has 4 N–H and O–H groups in total. The smallest absolute Gasteiger partial charge is 0.320 e. The van der Waals surface area contributed by atoms with Crippen molar-refractivity contribution >= 4 is 34.8 Å². The number of urea groups is 1. The number of aromatic nitrogens is 1. The minimum Gasteiger partial charge on any atom is -0.355 e. The second-order valence-corrected chi connectivity index (χ2v) is 8.37. The maximum Gasteiger partial charge on any atom is 0.320 e. The molecule has 0 aliphatic carbocycles. The van der Waals surface area contributed by atoms with Crippen LogP contribution in [0.25, 0.3) is 0 Å². The van der Waals surface area contributed by atoms with Gasteiger partial charge in [-0.1, -0.05) is 12.1 Å². The van der Waals surface area contributed by atoms with E-state index in [2.05, 4.69) is 31.2 Å². The fraction of sp³-hybridized carbons (Fsp3) is 0.269. The normalized spacial score (nSPS) is 13.3. The molecule has 35 heavy (non-hydrogen) atoms. The van der Waals surface area contributed by atoms with E-state index in [4.69, 9.17) is 0 Å². The summed E-state index contributed by atoms with van der Waals surface area (Å²) < 4.78 is 13.3. The van der Waals surface area contributed by atoms with Crippen molar-refractivity contribution in [3.63, 3.8) is 0 Å². The zero-order valence-electron chi connectivity index (χ0n) is 19.6. The lowest BCUT2D eigenvalue weighted by Crippen LogP contribution is -2.28. The number of nitrogens with zero attached hydrogens (tertiary/aromatic N) is 2. The van der Waals surface area contributed by atoms with Crippen LogP contribution >= 0.6 is 0 Å². The molecule has 0 saturated carbocycles.